The molecule has 1 aromatic carbocycles. The highest BCUT2D eigenvalue weighted by Crippen LogP contribution is 2.41. The Morgan fingerprint density at radius 2 is 1.80 bits per heavy atom. The minimum absolute atomic E-state index is 0.119. The van der Waals surface area contributed by atoms with Crippen LogP contribution in [0.5, 0.6) is 0 Å². The maximum absolute atomic E-state index is 13.3. The summed E-state index contributed by atoms with van der Waals surface area (Å²) in [5.74, 6) is 2.64. The highest BCUT2D eigenvalue weighted by Gasteiger charge is 2.27. The summed E-state index contributed by atoms with van der Waals surface area (Å²) in [6.45, 7) is 2.39. The molecule has 0 nitrogen and oxygen atoms in total. The second-order valence-corrected chi connectivity index (χ2v) is 6.79. The lowest BCUT2D eigenvalue weighted by molar-refractivity contribution is 0.202. The van der Waals surface area contributed by atoms with E-state index in [1.807, 2.05) is 12.1 Å². The number of rotatable bonds is 2. The lowest BCUT2D eigenvalue weighted by Gasteiger charge is -2.34. The molecule has 20 heavy (non-hydrogen) atoms. The number of hydrogen-bond acceptors (Lipinski definition) is 0. The van der Waals surface area contributed by atoms with Crippen molar-refractivity contribution in [3.63, 3.8) is 0 Å². The Balaban J connectivity index is 1.63. The predicted octanol–water partition coefficient (Wildman–Crippen LogP) is 5.84. The first-order valence-electron chi connectivity index (χ1n) is 8.17. The van der Waals surface area contributed by atoms with Gasteiger partial charge in [0.05, 0.1) is 0 Å². The molecule has 1 fully saturated rings. The van der Waals surface area contributed by atoms with Gasteiger partial charge >= 0.3 is 0 Å². The summed E-state index contributed by atoms with van der Waals surface area (Å²) < 4.78 is 13.3. The van der Waals surface area contributed by atoms with Crippen LogP contribution in [0.4, 0.5) is 4.39 Å². The van der Waals surface area contributed by atoms with Gasteiger partial charge in [0.15, 0.2) is 0 Å². The van der Waals surface area contributed by atoms with Crippen LogP contribution in [0.1, 0.15) is 57.4 Å². The maximum atomic E-state index is 13.3. The van der Waals surface area contributed by atoms with Crippen LogP contribution in [0.3, 0.4) is 0 Å². The average molecular weight is 272 g/mol. The second kappa shape index (κ2) is 6.11. The fourth-order valence-corrected chi connectivity index (χ4v) is 3.99. The molecule has 0 bridgehead atoms. The molecule has 0 aromatic heterocycles. The third-order valence-corrected chi connectivity index (χ3v) is 5.37. The zero-order valence-electron chi connectivity index (χ0n) is 12.4. The summed E-state index contributed by atoms with van der Waals surface area (Å²) in [5.41, 5.74) is 2.44. The molecule has 0 heterocycles. The average Bonchev–Trinajstić information content (AvgIpc) is 2.48. The molecule has 0 spiro atoms. The highest BCUT2D eigenvalue weighted by molar-refractivity contribution is 5.66. The lowest BCUT2D eigenvalue weighted by atomic mass is 9.71. The van der Waals surface area contributed by atoms with Gasteiger partial charge in [-0.2, -0.15) is 0 Å². The molecule has 1 atom stereocenters. The molecule has 108 valence electrons. The quantitative estimate of drug-likeness (QED) is 0.635. The molecule has 1 heteroatoms. The standard InChI is InChI=1S/C19H25F/c1-14-5-7-15(8-6-14)16-9-11-17(12-10-16)18-3-2-4-19(20)13-18/h2-4,11,13-16H,5-10,12H2,1H3. The van der Waals surface area contributed by atoms with Crippen LogP contribution in [0.2, 0.25) is 0 Å². The van der Waals surface area contributed by atoms with Gasteiger partial charge in [0.25, 0.3) is 0 Å². The summed E-state index contributed by atoms with van der Waals surface area (Å²) in [6, 6.07) is 7.06. The third-order valence-electron chi connectivity index (χ3n) is 5.37. The van der Waals surface area contributed by atoms with E-state index in [1.54, 1.807) is 6.07 Å². The molecule has 1 aromatic rings. The third kappa shape index (κ3) is 3.13. The van der Waals surface area contributed by atoms with Gasteiger partial charge in [0.1, 0.15) is 5.82 Å². The zero-order chi connectivity index (χ0) is 13.9. The molecule has 0 amide bonds. The molecule has 1 unspecified atom stereocenters. The molecule has 2 aliphatic carbocycles. The van der Waals surface area contributed by atoms with Gasteiger partial charge in [-0.3, -0.25) is 0 Å². The molecular weight excluding hydrogens is 247 g/mol. The minimum Gasteiger partial charge on any atom is -0.207 e. The van der Waals surface area contributed by atoms with Crippen LogP contribution in [0.15, 0.2) is 30.3 Å². The molecule has 2 aliphatic rings. The van der Waals surface area contributed by atoms with Gasteiger partial charge in [-0.1, -0.05) is 38.0 Å². The van der Waals surface area contributed by atoms with E-state index in [4.69, 9.17) is 0 Å². The fraction of sp³-hybridized carbons (Fsp3) is 0.579. The van der Waals surface area contributed by atoms with E-state index in [2.05, 4.69) is 13.0 Å². The Hall–Kier alpha value is -1.11. The van der Waals surface area contributed by atoms with E-state index in [0.717, 1.165) is 29.7 Å². The Bertz CT molecular complexity index is 480. The molecule has 0 radical (unpaired) electrons. The maximum Gasteiger partial charge on any atom is 0.123 e. The molecule has 3 rings (SSSR count). The van der Waals surface area contributed by atoms with E-state index in [-0.39, 0.29) is 5.82 Å². The smallest absolute Gasteiger partial charge is 0.123 e. The van der Waals surface area contributed by atoms with Crippen molar-refractivity contribution in [1.82, 2.24) is 0 Å². The van der Waals surface area contributed by atoms with Crippen molar-refractivity contribution in [3.8, 4) is 0 Å². The normalized spacial score (nSPS) is 30.9. The zero-order valence-corrected chi connectivity index (χ0v) is 12.4. The van der Waals surface area contributed by atoms with Gasteiger partial charge < -0.3 is 0 Å². The first kappa shape index (κ1) is 13.9. The van der Waals surface area contributed by atoms with E-state index < -0.39 is 0 Å². The fourth-order valence-electron chi connectivity index (χ4n) is 3.99. The Labute approximate surface area is 122 Å². The number of allylic oxidation sites excluding steroid dienone is 2. The van der Waals surface area contributed by atoms with Gasteiger partial charge in [-0.05, 0) is 73.1 Å². The van der Waals surface area contributed by atoms with Crippen molar-refractivity contribution in [2.45, 2.75) is 51.9 Å². The first-order valence-corrected chi connectivity index (χ1v) is 8.17. The van der Waals surface area contributed by atoms with Crippen molar-refractivity contribution in [2.75, 3.05) is 0 Å². The number of halogens is 1. The molecule has 0 aliphatic heterocycles. The van der Waals surface area contributed by atoms with Crippen LogP contribution in [0, 0.1) is 23.6 Å². The highest BCUT2D eigenvalue weighted by atomic mass is 19.1. The van der Waals surface area contributed by atoms with E-state index in [9.17, 15) is 4.39 Å². The van der Waals surface area contributed by atoms with Gasteiger partial charge in [0.2, 0.25) is 0 Å². The van der Waals surface area contributed by atoms with Crippen LogP contribution >= 0.6 is 0 Å². The topological polar surface area (TPSA) is 0 Å². The van der Waals surface area contributed by atoms with E-state index in [1.165, 1.54) is 50.2 Å². The summed E-state index contributed by atoms with van der Waals surface area (Å²) in [7, 11) is 0. The molecule has 0 saturated heterocycles. The SMILES string of the molecule is CC1CCC(C2CC=C(c3cccc(F)c3)CC2)CC1. The van der Waals surface area contributed by atoms with Crippen LogP contribution in [-0.4, -0.2) is 0 Å². The minimum atomic E-state index is -0.119. The van der Waals surface area contributed by atoms with Gasteiger partial charge in [-0.25, -0.2) is 4.39 Å². The summed E-state index contributed by atoms with van der Waals surface area (Å²) in [4.78, 5) is 0. The lowest BCUT2D eigenvalue weighted by Crippen LogP contribution is -2.22. The predicted molar refractivity (Wildman–Crippen MR) is 82.8 cm³/mol. The van der Waals surface area contributed by atoms with Gasteiger partial charge in [0, 0.05) is 0 Å². The first-order chi connectivity index (χ1) is 9.72. The Kier molecular flexibility index (Phi) is 4.24. The second-order valence-electron chi connectivity index (χ2n) is 6.79. The molecule has 1 saturated carbocycles. The molecular formula is C19H25F. The van der Waals surface area contributed by atoms with Gasteiger partial charge in [-0.15, -0.1) is 0 Å². The van der Waals surface area contributed by atoms with Crippen LogP contribution < -0.4 is 0 Å². The monoisotopic (exact) mass is 272 g/mol. The Morgan fingerprint density at radius 1 is 1.00 bits per heavy atom. The largest absolute Gasteiger partial charge is 0.207 e. The summed E-state index contributed by atoms with van der Waals surface area (Å²) in [5, 5.41) is 0. The Morgan fingerprint density at radius 3 is 2.45 bits per heavy atom. The van der Waals surface area contributed by atoms with Crippen molar-refractivity contribution < 1.29 is 4.39 Å². The van der Waals surface area contributed by atoms with Crippen molar-refractivity contribution in [2.24, 2.45) is 17.8 Å². The van der Waals surface area contributed by atoms with Crippen molar-refractivity contribution in [3.05, 3.63) is 41.7 Å². The summed E-state index contributed by atoms with van der Waals surface area (Å²) >= 11 is 0. The van der Waals surface area contributed by atoms with Crippen LogP contribution in [-0.2, 0) is 0 Å². The summed E-state index contributed by atoms with van der Waals surface area (Å²) in [6.07, 6.45) is 11.7. The van der Waals surface area contributed by atoms with Crippen molar-refractivity contribution >= 4 is 5.57 Å². The van der Waals surface area contributed by atoms with Crippen molar-refractivity contribution in [1.29, 1.82) is 0 Å². The van der Waals surface area contributed by atoms with Crippen LogP contribution in [0.25, 0.3) is 5.57 Å². The van der Waals surface area contributed by atoms with E-state index >= 15 is 0 Å². The number of benzene rings is 1. The van der Waals surface area contributed by atoms with E-state index in [0.29, 0.717) is 0 Å². The molecule has 0 N–H and O–H groups in total. The number of hydrogen-bond donors (Lipinski definition) is 0.